The summed E-state index contributed by atoms with van der Waals surface area (Å²) in [6.07, 6.45) is 5.82. The van der Waals surface area contributed by atoms with Crippen molar-refractivity contribution in [2.75, 3.05) is 0 Å². The van der Waals surface area contributed by atoms with Crippen LogP contribution in [0.1, 0.15) is 32.1 Å². The van der Waals surface area contributed by atoms with Crippen LogP contribution in [0.5, 0.6) is 0 Å². The quantitative estimate of drug-likeness (QED) is 0.412. The minimum absolute atomic E-state index is 0.233. The van der Waals surface area contributed by atoms with E-state index in [2.05, 4.69) is 5.11 Å². The fraction of sp³-hybridized carbons (Fsp3) is 0.500. The Balaban J connectivity index is 2.06. The van der Waals surface area contributed by atoms with Crippen molar-refractivity contribution in [2.45, 2.75) is 38.1 Å². The Hall–Kier alpha value is -1.38. The lowest BCUT2D eigenvalue weighted by atomic mass is 9.96. The molecule has 0 atom stereocenters. The van der Waals surface area contributed by atoms with Gasteiger partial charge in [0.25, 0.3) is 0 Å². The Morgan fingerprint density at radius 2 is 1.73 bits per heavy atom. The van der Waals surface area contributed by atoms with Crippen LogP contribution in [0.15, 0.2) is 35.4 Å². The van der Waals surface area contributed by atoms with Crippen molar-refractivity contribution in [3.63, 3.8) is 0 Å². The van der Waals surface area contributed by atoms with Gasteiger partial charge in [-0.2, -0.15) is 0 Å². The van der Waals surface area contributed by atoms with Crippen LogP contribution >= 0.6 is 0 Å². The van der Waals surface area contributed by atoms with Gasteiger partial charge >= 0.3 is 0 Å². The molecule has 0 aliphatic heterocycles. The lowest BCUT2D eigenvalue weighted by Crippen LogP contribution is -2.11. The summed E-state index contributed by atoms with van der Waals surface area (Å²) in [7, 11) is 0. The number of nitrogens with zero attached hydrogens (tertiary/aromatic N) is 2. The molecule has 1 fully saturated rings. The highest BCUT2D eigenvalue weighted by atomic mass is 16.5. The Bertz CT molecular complexity index is 329. The molecule has 1 saturated carbocycles. The van der Waals surface area contributed by atoms with E-state index in [1.54, 1.807) is 12.1 Å². The van der Waals surface area contributed by atoms with E-state index >= 15 is 0 Å². The van der Waals surface area contributed by atoms with Crippen LogP contribution < -0.4 is 0 Å². The normalized spacial score (nSPS) is 19.1. The summed E-state index contributed by atoms with van der Waals surface area (Å²) in [6.45, 7) is 0. The van der Waals surface area contributed by atoms with Crippen LogP contribution in [0.4, 0.5) is 5.69 Å². The molecule has 1 aliphatic carbocycles. The monoisotopic (exact) mass is 204 g/mol. The highest BCUT2D eigenvalue weighted by Crippen LogP contribution is 2.21. The molecule has 1 aromatic rings. The van der Waals surface area contributed by atoms with E-state index in [1.807, 2.05) is 18.2 Å². The van der Waals surface area contributed by atoms with Crippen molar-refractivity contribution in [1.82, 2.24) is 0 Å². The van der Waals surface area contributed by atoms with E-state index in [0.29, 0.717) is 5.69 Å². The lowest BCUT2D eigenvalue weighted by Gasteiger charge is -2.15. The maximum absolute atomic E-state index is 11.7. The first-order valence-corrected chi connectivity index (χ1v) is 5.59. The summed E-state index contributed by atoms with van der Waals surface area (Å²) in [5.74, 6) is 0. The standard InChI is InChI=1S/C12H16N2O/c15-14(12-9-5-2-6-10-12)13-11-7-3-1-4-8-11/h2,5-6,9-11H,1,3-4,7-8H2. The summed E-state index contributed by atoms with van der Waals surface area (Å²) in [5.41, 5.74) is 0.628. The Morgan fingerprint density at radius 3 is 2.40 bits per heavy atom. The lowest BCUT2D eigenvalue weighted by molar-refractivity contribution is -0.446. The van der Waals surface area contributed by atoms with Gasteiger partial charge in [0.15, 0.2) is 0 Å². The summed E-state index contributed by atoms with van der Waals surface area (Å²) in [5, 5.41) is 15.8. The van der Waals surface area contributed by atoms with Gasteiger partial charge in [0.1, 0.15) is 6.04 Å². The van der Waals surface area contributed by atoms with Crippen LogP contribution in [0.25, 0.3) is 0 Å². The fourth-order valence-electron chi connectivity index (χ4n) is 1.97. The highest BCUT2D eigenvalue weighted by Gasteiger charge is 2.16. The maximum atomic E-state index is 11.7. The second-order valence-corrected chi connectivity index (χ2v) is 4.02. The van der Waals surface area contributed by atoms with Gasteiger partial charge < -0.3 is 5.21 Å². The van der Waals surface area contributed by atoms with Crippen molar-refractivity contribution < 1.29 is 4.86 Å². The number of benzene rings is 1. The van der Waals surface area contributed by atoms with Crippen LogP contribution in [0.3, 0.4) is 0 Å². The molecule has 1 aromatic carbocycles. The fourth-order valence-corrected chi connectivity index (χ4v) is 1.97. The van der Waals surface area contributed by atoms with Crippen LogP contribution in [0.2, 0.25) is 0 Å². The minimum Gasteiger partial charge on any atom is -0.594 e. The van der Waals surface area contributed by atoms with Gasteiger partial charge in [-0.3, -0.25) is 0 Å². The highest BCUT2D eigenvalue weighted by molar-refractivity contribution is 5.27. The smallest absolute Gasteiger partial charge is 0.244 e. The molecular formula is C12H16N2O. The van der Waals surface area contributed by atoms with Gasteiger partial charge in [0.05, 0.1) is 0 Å². The number of hydrogen-bond donors (Lipinski definition) is 0. The molecule has 80 valence electrons. The molecule has 0 saturated heterocycles. The Kier molecular flexibility index (Phi) is 3.33. The number of azo groups is 1. The molecule has 0 unspecified atom stereocenters. The van der Waals surface area contributed by atoms with E-state index in [9.17, 15) is 5.21 Å². The van der Waals surface area contributed by atoms with Crippen molar-refractivity contribution in [2.24, 2.45) is 5.11 Å². The third-order valence-electron chi connectivity index (χ3n) is 2.82. The molecule has 0 radical (unpaired) electrons. The van der Waals surface area contributed by atoms with Crippen LogP contribution in [-0.2, 0) is 0 Å². The first-order chi connectivity index (χ1) is 7.36. The zero-order valence-corrected chi connectivity index (χ0v) is 8.80. The molecule has 0 heterocycles. The Morgan fingerprint density at radius 1 is 1.07 bits per heavy atom. The third-order valence-corrected chi connectivity index (χ3v) is 2.82. The molecule has 3 nitrogen and oxygen atoms in total. The second-order valence-electron chi connectivity index (χ2n) is 4.02. The number of hydrogen-bond acceptors (Lipinski definition) is 2. The summed E-state index contributed by atoms with van der Waals surface area (Å²) >= 11 is 0. The number of rotatable bonds is 2. The molecule has 0 aromatic heterocycles. The Labute approximate surface area is 90.0 Å². The van der Waals surface area contributed by atoms with E-state index < -0.39 is 0 Å². The molecule has 0 bridgehead atoms. The second kappa shape index (κ2) is 4.91. The van der Waals surface area contributed by atoms with Gasteiger partial charge in [0.2, 0.25) is 5.69 Å². The summed E-state index contributed by atoms with van der Waals surface area (Å²) in [6, 6.07) is 9.43. The first-order valence-electron chi connectivity index (χ1n) is 5.59. The van der Waals surface area contributed by atoms with Crippen molar-refractivity contribution >= 4 is 5.69 Å². The van der Waals surface area contributed by atoms with Crippen LogP contribution in [-0.4, -0.2) is 10.9 Å². The van der Waals surface area contributed by atoms with E-state index in [1.165, 1.54) is 19.3 Å². The first kappa shape index (κ1) is 10.1. The van der Waals surface area contributed by atoms with Crippen molar-refractivity contribution in [1.29, 1.82) is 0 Å². The van der Waals surface area contributed by atoms with Gasteiger partial charge in [-0.05, 0) is 18.0 Å². The molecule has 3 heteroatoms. The van der Waals surface area contributed by atoms with Crippen molar-refractivity contribution in [3.8, 4) is 0 Å². The molecule has 0 amide bonds. The molecule has 1 aliphatic rings. The van der Waals surface area contributed by atoms with Gasteiger partial charge in [-0.15, -0.1) is 0 Å². The summed E-state index contributed by atoms with van der Waals surface area (Å²) in [4.78, 5) is 0.774. The summed E-state index contributed by atoms with van der Waals surface area (Å²) < 4.78 is 0. The molecule has 0 spiro atoms. The zero-order chi connectivity index (χ0) is 10.5. The molecule has 15 heavy (non-hydrogen) atoms. The van der Waals surface area contributed by atoms with Crippen molar-refractivity contribution in [3.05, 3.63) is 35.5 Å². The predicted octanol–water partition coefficient (Wildman–Crippen LogP) is 3.61. The minimum atomic E-state index is 0.233. The van der Waals surface area contributed by atoms with E-state index in [4.69, 9.17) is 0 Å². The number of para-hydroxylation sites is 1. The SMILES string of the molecule is [O-][N+](=NC1CCCCC1)c1ccccc1. The van der Waals surface area contributed by atoms with E-state index in [-0.39, 0.29) is 6.04 Å². The van der Waals surface area contributed by atoms with E-state index in [0.717, 1.165) is 17.7 Å². The van der Waals surface area contributed by atoms with Crippen LogP contribution in [0, 0.1) is 5.21 Å². The topological polar surface area (TPSA) is 38.4 Å². The maximum Gasteiger partial charge on any atom is 0.244 e. The molecule has 0 N–H and O–H groups in total. The average Bonchev–Trinajstić information content (AvgIpc) is 2.31. The molecular weight excluding hydrogens is 188 g/mol. The largest absolute Gasteiger partial charge is 0.594 e. The predicted molar refractivity (Wildman–Crippen MR) is 59.0 cm³/mol. The van der Waals surface area contributed by atoms with Gasteiger partial charge in [0, 0.05) is 12.1 Å². The molecule has 2 rings (SSSR count). The van der Waals surface area contributed by atoms with Gasteiger partial charge in [-0.1, -0.05) is 42.3 Å². The zero-order valence-electron chi connectivity index (χ0n) is 8.80. The van der Waals surface area contributed by atoms with Gasteiger partial charge in [-0.25, -0.2) is 0 Å². The third kappa shape index (κ3) is 2.78. The average molecular weight is 204 g/mol.